The van der Waals surface area contributed by atoms with Crippen molar-refractivity contribution in [2.45, 2.75) is 81.6 Å². The highest BCUT2D eigenvalue weighted by Gasteiger charge is 2.77. The molecule has 202 valence electrons. The number of rotatable bonds is 12. The second-order valence-electron chi connectivity index (χ2n) is 10.8. The van der Waals surface area contributed by atoms with E-state index in [1.54, 1.807) is 33.9 Å². The lowest BCUT2D eigenvalue weighted by molar-refractivity contribution is -0.154. The predicted octanol–water partition coefficient (Wildman–Crippen LogP) is 2.60. The number of aliphatic hydroxyl groups excluding tert-OH is 1. The largest absolute Gasteiger partial charge is 0.394 e. The first-order valence-electron chi connectivity index (χ1n) is 13.0. The summed E-state index contributed by atoms with van der Waals surface area (Å²) < 4.78 is 6.60. The number of carbonyl (C=O) groups excluding carboxylic acids is 3. The van der Waals surface area contributed by atoms with Gasteiger partial charge in [0.1, 0.15) is 11.6 Å². The third-order valence-electron chi connectivity index (χ3n) is 8.19. The Morgan fingerprint density at radius 1 is 1.25 bits per heavy atom. The van der Waals surface area contributed by atoms with Crippen LogP contribution in [-0.2, 0) is 19.1 Å². The highest BCUT2D eigenvalue weighted by molar-refractivity contribution is 9.09. The molecule has 3 fully saturated rings. The van der Waals surface area contributed by atoms with E-state index in [-0.39, 0.29) is 41.1 Å². The number of carbonyl (C=O) groups is 3. The van der Waals surface area contributed by atoms with Crippen LogP contribution in [0, 0.1) is 17.8 Å². The lowest BCUT2D eigenvalue weighted by atomic mass is 9.70. The van der Waals surface area contributed by atoms with Crippen LogP contribution in [0.2, 0.25) is 0 Å². The predicted molar refractivity (Wildman–Crippen MR) is 142 cm³/mol. The summed E-state index contributed by atoms with van der Waals surface area (Å²) in [6.45, 7) is 15.9. The lowest BCUT2D eigenvalue weighted by Crippen LogP contribution is -2.61. The lowest BCUT2D eigenvalue weighted by Gasteiger charge is -2.42. The van der Waals surface area contributed by atoms with Gasteiger partial charge in [0.05, 0.1) is 30.6 Å². The zero-order valence-electron chi connectivity index (χ0n) is 22.2. The van der Waals surface area contributed by atoms with Gasteiger partial charge in [-0.2, -0.15) is 0 Å². The molecule has 3 amide bonds. The molecule has 3 aliphatic heterocycles. The van der Waals surface area contributed by atoms with Crippen molar-refractivity contribution in [1.29, 1.82) is 0 Å². The minimum absolute atomic E-state index is 0.0611. The molecule has 3 rings (SSSR count). The third-order valence-corrected chi connectivity index (χ3v) is 9.03. The van der Waals surface area contributed by atoms with E-state index in [2.05, 4.69) is 36.0 Å². The number of fused-ring (bicyclic) bond motifs is 1. The molecule has 3 aliphatic rings. The number of ether oxygens (including phenoxy) is 1. The second-order valence-corrected chi connectivity index (χ2v) is 12.0. The van der Waals surface area contributed by atoms with Gasteiger partial charge in [-0.05, 0) is 25.7 Å². The first-order chi connectivity index (χ1) is 17.0. The van der Waals surface area contributed by atoms with Gasteiger partial charge in [-0.1, -0.05) is 55.3 Å². The number of nitrogens with zero attached hydrogens (tertiary/aromatic N) is 3. The van der Waals surface area contributed by atoms with Crippen molar-refractivity contribution in [3.05, 3.63) is 25.3 Å². The molecule has 0 aromatic carbocycles. The number of amides is 3. The van der Waals surface area contributed by atoms with Crippen molar-refractivity contribution in [1.82, 2.24) is 14.7 Å². The van der Waals surface area contributed by atoms with Crippen molar-refractivity contribution < 1.29 is 24.2 Å². The van der Waals surface area contributed by atoms with Gasteiger partial charge in [-0.25, -0.2) is 0 Å². The molecule has 36 heavy (non-hydrogen) atoms. The number of halogens is 1. The van der Waals surface area contributed by atoms with Crippen molar-refractivity contribution in [2.24, 2.45) is 17.8 Å². The van der Waals surface area contributed by atoms with E-state index in [1.165, 1.54) is 0 Å². The Balaban J connectivity index is 2.15. The molecule has 1 spiro atoms. The quantitative estimate of drug-likeness (QED) is 0.289. The van der Waals surface area contributed by atoms with Crippen LogP contribution in [0.4, 0.5) is 0 Å². The van der Waals surface area contributed by atoms with E-state index >= 15 is 0 Å². The van der Waals surface area contributed by atoms with E-state index in [1.807, 2.05) is 20.8 Å². The molecule has 9 heteroatoms. The molecule has 0 aromatic rings. The van der Waals surface area contributed by atoms with Crippen LogP contribution in [0.25, 0.3) is 0 Å². The molecule has 3 heterocycles. The molecule has 2 bridgehead atoms. The number of hydrogen-bond donors (Lipinski definition) is 1. The van der Waals surface area contributed by atoms with E-state index in [0.29, 0.717) is 19.5 Å². The van der Waals surface area contributed by atoms with E-state index in [4.69, 9.17) is 4.74 Å². The summed E-state index contributed by atoms with van der Waals surface area (Å²) in [4.78, 5) is 46.9. The van der Waals surface area contributed by atoms with Crippen molar-refractivity contribution in [3.8, 4) is 0 Å². The topological polar surface area (TPSA) is 90.4 Å². The molecule has 0 radical (unpaired) electrons. The summed E-state index contributed by atoms with van der Waals surface area (Å²) in [5.74, 6) is -2.28. The molecule has 0 saturated carbocycles. The van der Waals surface area contributed by atoms with Gasteiger partial charge in [0.25, 0.3) is 0 Å². The van der Waals surface area contributed by atoms with E-state index in [9.17, 15) is 19.5 Å². The number of likely N-dealkylation sites (N-methyl/N-ethyl adjacent to an activating group) is 1. The molecule has 3 saturated heterocycles. The molecular weight excluding hydrogens is 526 g/mol. The number of aliphatic hydroxyl groups is 1. The Kier molecular flexibility index (Phi) is 9.10. The van der Waals surface area contributed by atoms with Gasteiger partial charge in [0.2, 0.25) is 17.7 Å². The van der Waals surface area contributed by atoms with E-state index in [0.717, 1.165) is 12.8 Å². The zero-order valence-corrected chi connectivity index (χ0v) is 23.8. The number of likely N-dealkylation sites (tertiary alicyclic amines) is 1. The first-order valence-corrected chi connectivity index (χ1v) is 14.0. The number of alkyl halides is 1. The van der Waals surface area contributed by atoms with E-state index < -0.39 is 35.6 Å². The SMILES string of the molecule is C=CCN(C)C(=O)[C@H]1[C@H]2C(=O)N([C@@H](CO)C(C)C)C(C(=O)N(CC=C)C(C)CCC)C23CC(Br)[C@@H]1O3. The molecule has 0 aliphatic carbocycles. The molecular formula is C27H42BrN3O5. The number of hydrogen-bond acceptors (Lipinski definition) is 5. The zero-order chi connectivity index (χ0) is 26.9. The van der Waals surface area contributed by atoms with Gasteiger partial charge >= 0.3 is 0 Å². The fourth-order valence-electron chi connectivity index (χ4n) is 6.50. The van der Waals surface area contributed by atoms with Gasteiger partial charge in [-0.3, -0.25) is 14.4 Å². The summed E-state index contributed by atoms with van der Waals surface area (Å²) in [5, 5.41) is 10.4. The average Bonchev–Trinajstić information content (AvgIpc) is 3.41. The second kappa shape index (κ2) is 11.4. The van der Waals surface area contributed by atoms with Gasteiger partial charge in [0, 0.05) is 31.0 Å². The Labute approximate surface area is 223 Å². The van der Waals surface area contributed by atoms with Crippen molar-refractivity contribution >= 4 is 33.7 Å². The molecule has 4 unspecified atom stereocenters. The normalized spacial score (nSPS) is 32.4. The molecule has 0 aromatic heterocycles. The standard InChI is InChI=1S/C27H42BrN3O5/c1-8-11-17(6)30(13-10-3)26(35)23-27-14-18(28)22(36-27)20(24(33)29(7)12-9-2)21(27)25(34)31(23)19(15-32)16(4)5/h9-10,16-23,32H,2-3,8,11-15H2,1,4-7H3/t17?,18?,19-,20-,21-,22-,23?,27?/m0/s1. The summed E-state index contributed by atoms with van der Waals surface area (Å²) in [6, 6.07) is -1.56. The fourth-order valence-corrected chi connectivity index (χ4v) is 7.44. The minimum Gasteiger partial charge on any atom is -0.394 e. The molecule has 8 nitrogen and oxygen atoms in total. The summed E-state index contributed by atoms with van der Waals surface area (Å²) >= 11 is 3.71. The van der Waals surface area contributed by atoms with Crippen LogP contribution in [0.15, 0.2) is 25.3 Å². The molecule has 1 N–H and O–H groups in total. The van der Waals surface area contributed by atoms with Gasteiger partial charge in [-0.15, -0.1) is 13.2 Å². The maximum Gasteiger partial charge on any atom is 0.248 e. The summed E-state index contributed by atoms with van der Waals surface area (Å²) in [5.41, 5.74) is -1.14. The maximum atomic E-state index is 14.4. The highest BCUT2D eigenvalue weighted by atomic mass is 79.9. The highest BCUT2D eigenvalue weighted by Crippen LogP contribution is 2.61. The molecule has 8 atom stereocenters. The summed E-state index contributed by atoms with van der Waals surface area (Å²) in [6.07, 6.45) is 4.99. The third kappa shape index (κ3) is 4.56. The minimum atomic E-state index is -1.14. The smallest absolute Gasteiger partial charge is 0.248 e. The van der Waals surface area contributed by atoms with Crippen LogP contribution in [0.1, 0.15) is 47.0 Å². The Morgan fingerprint density at radius 2 is 1.89 bits per heavy atom. The van der Waals surface area contributed by atoms with Crippen LogP contribution in [0.5, 0.6) is 0 Å². The monoisotopic (exact) mass is 567 g/mol. The summed E-state index contributed by atoms with van der Waals surface area (Å²) in [7, 11) is 1.69. The van der Waals surface area contributed by atoms with Gasteiger partial charge < -0.3 is 24.5 Å². The van der Waals surface area contributed by atoms with Crippen LogP contribution in [0.3, 0.4) is 0 Å². The van der Waals surface area contributed by atoms with Gasteiger partial charge in [0.15, 0.2) is 0 Å². The van der Waals surface area contributed by atoms with Crippen LogP contribution < -0.4 is 0 Å². The van der Waals surface area contributed by atoms with Crippen molar-refractivity contribution in [2.75, 3.05) is 26.7 Å². The Morgan fingerprint density at radius 3 is 2.42 bits per heavy atom. The van der Waals surface area contributed by atoms with Crippen LogP contribution in [-0.4, -0.2) is 98.9 Å². The van der Waals surface area contributed by atoms with Crippen molar-refractivity contribution in [3.63, 3.8) is 0 Å². The Hall–Kier alpha value is -1.71. The van der Waals surface area contributed by atoms with Crippen LogP contribution >= 0.6 is 15.9 Å². The average molecular weight is 569 g/mol. The first kappa shape index (κ1) is 28.9. The fraction of sp³-hybridized carbons (Fsp3) is 0.741. The Bertz CT molecular complexity index is 881. The maximum absolute atomic E-state index is 14.4.